The molecule has 0 saturated carbocycles. The zero-order chi connectivity index (χ0) is 17.6. The lowest BCUT2D eigenvalue weighted by atomic mass is 10.2. The lowest BCUT2D eigenvalue weighted by Gasteiger charge is -2.35. The van der Waals surface area contributed by atoms with Crippen LogP contribution in [0.25, 0.3) is 0 Å². The standard InChI is InChI=1S/C18H23N5OS/c1-14-2-4-15(5-3-14)23-10-8-22(9-11-23)13-17-7-6-16(24-17)12-20-21-18(19)25/h2-7,12H,8-11,13H2,1H3,(H3,19,21,25)/b20-12+. The molecule has 1 fully saturated rings. The fourth-order valence-corrected chi connectivity index (χ4v) is 2.90. The van der Waals surface area contributed by atoms with Gasteiger partial charge in [0.15, 0.2) is 5.11 Å². The summed E-state index contributed by atoms with van der Waals surface area (Å²) in [5.74, 6) is 1.61. The molecule has 0 radical (unpaired) electrons. The number of hydrogen-bond acceptors (Lipinski definition) is 5. The number of benzene rings is 1. The predicted molar refractivity (Wildman–Crippen MR) is 105 cm³/mol. The molecule has 1 aliphatic rings. The first-order valence-corrected chi connectivity index (χ1v) is 8.72. The molecule has 0 spiro atoms. The molecule has 6 nitrogen and oxygen atoms in total. The highest BCUT2D eigenvalue weighted by Gasteiger charge is 2.18. The van der Waals surface area contributed by atoms with Crippen LogP contribution in [-0.4, -0.2) is 42.4 Å². The number of nitrogens with one attached hydrogen (secondary N) is 1. The number of anilines is 1. The van der Waals surface area contributed by atoms with Crippen molar-refractivity contribution in [1.82, 2.24) is 10.3 Å². The van der Waals surface area contributed by atoms with E-state index in [-0.39, 0.29) is 5.11 Å². The first-order chi connectivity index (χ1) is 12.1. The molecular weight excluding hydrogens is 334 g/mol. The number of nitrogens with zero attached hydrogens (tertiary/aromatic N) is 3. The number of aryl methyl sites for hydroxylation is 1. The van der Waals surface area contributed by atoms with Gasteiger partial charge in [0.1, 0.15) is 11.5 Å². The van der Waals surface area contributed by atoms with Gasteiger partial charge in [-0.25, -0.2) is 0 Å². The summed E-state index contributed by atoms with van der Waals surface area (Å²) < 4.78 is 5.76. The third kappa shape index (κ3) is 5.04. The quantitative estimate of drug-likeness (QED) is 0.485. The summed E-state index contributed by atoms with van der Waals surface area (Å²) in [6.45, 7) is 7.00. The Bertz CT molecular complexity index is 732. The normalized spacial score (nSPS) is 15.6. The third-order valence-corrected chi connectivity index (χ3v) is 4.29. The molecule has 1 aromatic heterocycles. The van der Waals surface area contributed by atoms with Crippen molar-refractivity contribution in [3.8, 4) is 0 Å². The van der Waals surface area contributed by atoms with Gasteiger partial charge >= 0.3 is 0 Å². The molecule has 2 heterocycles. The summed E-state index contributed by atoms with van der Waals surface area (Å²) in [5, 5.41) is 4.03. The first kappa shape index (κ1) is 17.4. The molecule has 0 aliphatic carbocycles. The predicted octanol–water partition coefficient (Wildman–Crippen LogP) is 2.08. The molecule has 25 heavy (non-hydrogen) atoms. The lowest BCUT2D eigenvalue weighted by molar-refractivity contribution is 0.230. The fourth-order valence-electron chi connectivity index (χ4n) is 2.85. The van der Waals surface area contributed by atoms with E-state index in [4.69, 9.17) is 10.2 Å². The van der Waals surface area contributed by atoms with E-state index in [1.54, 1.807) is 6.21 Å². The largest absolute Gasteiger partial charge is 0.459 e. The molecule has 3 N–H and O–H groups in total. The topological polar surface area (TPSA) is 70.0 Å². The second kappa shape index (κ2) is 8.13. The van der Waals surface area contributed by atoms with Gasteiger partial charge in [-0.2, -0.15) is 5.10 Å². The molecule has 3 rings (SSSR count). The fraction of sp³-hybridized carbons (Fsp3) is 0.333. The van der Waals surface area contributed by atoms with E-state index in [1.165, 1.54) is 11.3 Å². The molecule has 1 aromatic carbocycles. The van der Waals surface area contributed by atoms with Crippen molar-refractivity contribution >= 4 is 29.2 Å². The van der Waals surface area contributed by atoms with Crippen LogP contribution < -0.4 is 16.1 Å². The van der Waals surface area contributed by atoms with E-state index in [1.807, 2.05) is 12.1 Å². The SMILES string of the molecule is Cc1ccc(N2CCN(Cc3ccc(/C=N/NC(N)=S)o3)CC2)cc1. The van der Waals surface area contributed by atoms with Crippen LogP contribution in [0.4, 0.5) is 5.69 Å². The van der Waals surface area contributed by atoms with Gasteiger partial charge in [-0.05, 0) is 43.4 Å². The summed E-state index contributed by atoms with van der Waals surface area (Å²) in [7, 11) is 0. The summed E-state index contributed by atoms with van der Waals surface area (Å²) in [4.78, 5) is 4.83. The Kier molecular flexibility index (Phi) is 5.67. The van der Waals surface area contributed by atoms with Crippen molar-refractivity contribution in [3.05, 3.63) is 53.5 Å². The van der Waals surface area contributed by atoms with Crippen LogP contribution in [0.15, 0.2) is 45.9 Å². The van der Waals surface area contributed by atoms with Gasteiger partial charge in [-0.1, -0.05) is 17.7 Å². The average molecular weight is 357 g/mol. The Labute approximate surface area is 153 Å². The van der Waals surface area contributed by atoms with Crippen LogP contribution in [0.1, 0.15) is 17.1 Å². The van der Waals surface area contributed by atoms with Crippen LogP contribution in [0, 0.1) is 6.92 Å². The van der Waals surface area contributed by atoms with Gasteiger partial charge in [0.05, 0.1) is 12.8 Å². The monoisotopic (exact) mass is 357 g/mol. The van der Waals surface area contributed by atoms with Gasteiger partial charge in [-0.3, -0.25) is 10.3 Å². The second-order valence-electron chi connectivity index (χ2n) is 6.14. The second-order valence-corrected chi connectivity index (χ2v) is 6.58. The molecule has 132 valence electrons. The van der Waals surface area contributed by atoms with Crippen LogP contribution in [0.2, 0.25) is 0 Å². The van der Waals surface area contributed by atoms with Crippen LogP contribution in [-0.2, 0) is 6.54 Å². The highest BCUT2D eigenvalue weighted by Crippen LogP contribution is 2.18. The minimum atomic E-state index is 0.134. The first-order valence-electron chi connectivity index (χ1n) is 8.31. The summed E-state index contributed by atoms with van der Waals surface area (Å²) in [6, 6.07) is 12.6. The maximum atomic E-state index is 5.76. The molecule has 0 amide bonds. The van der Waals surface area contributed by atoms with E-state index < -0.39 is 0 Å². The van der Waals surface area contributed by atoms with Gasteiger partial charge in [0.25, 0.3) is 0 Å². The van der Waals surface area contributed by atoms with Crippen molar-refractivity contribution < 1.29 is 4.42 Å². The van der Waals surface area contributed by atoms with Gasteiger partial charge in [-0.15, -0.1) is 0 Å². The number of furan rings is 1. The molecule has 0 atom stereocenters. The average Bonchev–Trinajstić information content (AvgIpc) is 3.03. The minimum Gasteiger partial charge on any atom is -0.459 e. The zero-order valence-electron chi connectivity index (χ0n) is 14.3. The van der Waals surface area contributed by atoms with Crippen molar-refractivity contribution in [3.63, 3.8) is 0 Å². The summed E-state index contributed by atoms with van der Waals surface area (Å²) in [5.41, 5.74) is 10.4. The lowest BCUT2D eigenvalue weighted by Crippen LogP contribution is -2.45. The summed E-state index contributed by atoms with van der Waals surface area (Å²) in [6.07, 6.45) is 1.57. The Morgan fingerprint density at radius 1 is 1.20 bits per heavy atom. The maximum Gasteiger partial charge on any atom is 0.184 e. The highest BCUT2D eigenvalue weighted by atomic mass is 32.1. The van der Waals surface area contributed by atoms with Crippen LogP contribution >= 0.6 is 12.2 Å². The van der Waals surface area contributed by atoms with Crippen molar-refractivity contribution in [2.24, 2.45) is 10.8 Å². The Hall–Kier alpha value is -2.38. The molecule has 7 heteroatoms. The van der Waals surface area contributed by atoms with Crippen molar-refractivity contribution in [2.75, 3.05) is 31.1 Å². The van der Waals surface area contributed by atoms with Crippen LogP contribution in [0.5, 0.6) is 0 Å². The Balaban J connectivity index is 1.49. The van der Waals surface area contributed by atoms with Crippen LogP contribution in [0.3, 0.4) is 0 Å². The molecular formula is C18H23N5OS. The highest BCUT2D eigenvalue weighted by molar-refractivity contribution is 7.80. The third-order valence-electron chi connectivity index (χ3n) is 4.20. The number of nitrogens with two attached hydrogens (primary N) is 1. The number of rotatable bonds is 5. The van der Waals surface area contributed by atoms with E-state index in [9.17, 15) is 0 Å². The number of hydrogen-bond donors (Lipinski definition) is 2. The molecule has 0 unspecified atom stereocenters. The Morgan fingerprint density at radius 3 is 2.60 bits per heavy atom. The summed E-state index contributed by atoms with van der Waals surface area (Å²) >= 11 is 4.69. The Morgan fingerprint density at radius 2 is 1.92 bits per heavy atom. The van der Waals surface area contributed by atoms with E-state index in [2.05, 4.69) is 63.7 Å². The van der Waals surface area contributed by atoms with E-state index >= 15 is 0 Å². The molecule has 2 aromatic rings. The van der Waals surface area contributed by atoms with E-state index in [0.29, 0.717) is 5.76 Å². The van der Waals surface area contributed by atoms with Gasteiger partial charge in [0.2, 0.25) is 0 Å². The molecule has 1 saturated heterocycles. The minimum absolute atomic E-state index is 0.134. The zero-order valence-corrected chi connectivity index (χ0v) is 15.1. The number of piperazine rings is 1. The molecule has 0 bridgehead atoms. The van der Waals surface area contributed by atoms with Crippen molar-refractivity contribution in [2.45, 2.75) is 13.5 Å². The maximum absolute atomic E-state index is 5.76. The van der Waals surface area contributed by atoms with E-state index in [0.717, 1.165) is 38.5 Å². The van der Waals surface area contributed by atoms with Gasteiger partial charge in [0, 0.05) is 31.9 Å². The van der Waals surface area contributed by atoms with Crippen molar-refractivity contribution in [1.29, 1.82) is 0 Å². The molecule has 1 aliphatic heterocycles. The number of hydrazone groups is 1. The smallest absolute Gasteiger partial charge is 0.184 e. The van der Waals surface area contributed by atoms with Gasteiger partial charge < -0.3 is 15.1 Å². The number of thiocarbonyl (C=S) groups is 1.